The van der Waals surface area contributed by atoms with Gasteiger partial charge < -0.3 is 20.2 Å². The molecule has 1 aromatic rings. The predicted molar refractivity (Wildman–Crippen MR) is 79.1 cm³/mol. The van der Waals surface area contributed by atoms with E-state index < -0.39 is 12.0 Å². The van der Waals surface area contributed by atoms with Gasteiger partial charge in [-0.15, -0.1) is 0 Å². The lowest BCUT2D eigenvalue weighted by Crippen LogP contribution is -2.46. The van der Waals surface area contributed by atoms with Crippen molar-refractivity contribution >= 4 is 12.0 Å². The number of nitrogens with one attached hydrogen (secondary N) is 2. The zero-order valence-electron chi connectivity index (χ0n) is 13.2. The average Bonchev–Trinajstić information content (AvgIpc) is 2.66. The number of amides is 2. The van der Waals surface area contributed by atoms with Gasteiger partial charge in [0.05, 0.1) is 12.5 Å². The average molecular weight is 296 g/mol. The second-order valence-electron chi connectivity index (χ2n) is 5.66. The van der Waals surface area contributed by atoms with Gasteiger partial charge in [-0.05, 0) is 32.8 Å². The van der Waals surface area contributed by atoms with E-state index in [9.17, 15) is 9.59 Å². The summed E-state index contributed by atoms with van der Waals surface area (Å²) >= 11 is 0. The van der Waals surface area contributed by atoms with Crippen LogP contribution in [-0.4, -0.2) is 23.1 Å². The van der Waals surface area contributed by atoms with Gasteiger partial charge in [-0.1, -0.05) is 13.8 Å². The number of rotatable bonds is 6. The van der Waals surface area contributed by atoms with Crippen molar-refractivity contribution in [1.29, 1.82) is 0 Å². The summed E-state index contributed by atoms with van der Waals surface area (Å²) in [7, 11) is 0. The van der Waals surface area contributed by atoms with E-state index in [1.165, 1.54) is 0 Å². The minimum absolute atomic E-state index is 0.0417. The third-order valence-corrected chi connectivity index (χ3v) is 3.41. The lowest BCUT2D eigenvalue weighted by atomic mass is 10.0. The summed E-state index contributed by atoms with van der Waals surface area (Å²) in [5.41, 5.74) is 0.919. The summed E-state index contributed by atoms with van der Waals surface area (Å²) in [5, 5.41) is 14.4. The Balaban J connectivity index is 2.63. The number of carboxylic acids is 1. The van der Waals surface area contributed by atoms with Crippen LogP contribution in [0.1, 0.15) is 50.3 Å². The summed E-state index contributed by atoms with van der Waals surface area (Å²) in [6.07, 6.45) is -0.0939. The fourth-order valence-electron chi connectivity index (χ4n) is 2.21. The molecule has 0 saturated carbocycles. The normalized spacial score (nSPS) is 13.8. The fourth-order valence-corrected chi connectivity index (χ4v) is 2.21. The van der Waals surface area contributed by atoms with Crippen LogP contribution in [0.2, 0.25) is 0 Å². The largest absolute Gasteiger partial charge is 0.481 e. The summed E-state index contributed by atoms with van der Waals surface area (Å²) in [5.74, 6) is 0.678. The van der Waals surface area contributed by atoms with Crippen molar-refractivity contribution < 1.29 is 19.1 Å². The molecule has 0 aromatic carbocycles. The molecular formula is C15H24N2O4. The Bertz CT molecular complexity index is 508. The maximum Gasteiger partial charge on any atom is 0.315 e. The Kier molecular flexibility index (Phi) is 5.81. The molecule has 0 aliphatic heterocycles. The topological polar surface area (TPSA) is 91.6 Å². The van der Waals surface area contributed by atoms with Gasteiger partial charge in [0.2, 0.25) is 0 Å². The number of carboxylic acid groups (broad SMARTS) is 1. The lowest BCUT2D eigenvalue weighted by molar-refractivity contribution is -0.137. The molecule has 1 aromatic heterocycles. The summed E-state index contributed by atoms with van der Waals surface area (Å²) in [6.45, 7) is 9.31. The van der Waals surface area contributed by atoms with Crippen LogP contribution in [0.4, 0.5) is 4.79 Å². The second kappa shape index (κ2) is 7.15. The molecule has 0 saturated heterocycles. The molecule has 0 bridgehead atoms. The Morgan fingerprint density at radius 2 is 1.86 bits per heavy atom. The summed E-state index contributed by atoms with van der Waals surface area (Å²) in [6, 6.07) is 0.903. The van der Waals surface area contributed by atoms with Gasteiger partial charge in [0.15, 0.2) is 0 Å². The van der Waals surface area contributed by atoms with Gasteiger partial charge in [-0.2, -0.15) is 0 Å². The third kappa shape index (κ3) is 5.13. The standard InChI is InChI=1S/C15H24N2O4/c1-8(2)13(7-14(18)19)17-15(20)16-10(4)12-6-9(3)21-11(12)5/h6,8,10,13H,7H2,1-5H3,(H,18,19)(H2,16,17,20). The van der Waals surface area contributed by atoms with Crippen molar-refractivity contribution in [2.24, 2.45) is 5.92 Å². The van der Waals surface area contributed by atoms with E-state index in [-0.39, 0.29) is 24.4 Å². The number of hydrogen-bond donors (Lipinski definition) is 3. The van der Waals surface area contributed by atoms with Gasteiger partial charge in [-0.3, -0.25) is 4.79 Å². The van der Waals surface area contributed by atoms with Crippen LogP contribution in [-0.2, 0) is 4.79 Å². The molecule has 2 atom stereocenters. The number of carbonyl (C=O) groups excluding carboxylic acids is 1. The highest BCUT2D eigenvalue weighted by Crippen LogP contribution is 2.21. The van der Waals surface area contributed by atoms with E-state index in [1.54, 1.807) is 0 Å². The van der Waals surface area contributed by atoms with Crippen LogP contribution >= 0.6 is 0 Å². The molecule has 2 unspecified atom stereocenters. The Morgan fingerprint density at radius 1 is 1.24 bits per heavy atom. The molecule has 3 N–H and O–H groups in total. The smallest absolute Gasteiger partial charge is 0.315 e. The maximum absolute atomic E-state index is 12.0. The first-order chi connectivity index (χ1) is 9.70. The molecule has 0 spiro atoms. The van der Waals surface area contributed by atoms with E-state index >= 15 is 0 Å². The molecular weight excluding hydrogens is 272 g/mol. The highest BCUT2D eigenvalue weighted by atomic mass is 16.4. The van der Waals surface area contributed by atoms with Gasteiger partial charge >= 0.3 is 12.0 Å². The number of aryl methyl sites for hydroxylation is 2. The van der Waals surface area contributed by atoms with Crippen LogP contribution in [0.25, 0.3) is 0 Å². The molecule has 1 heterocycles. The van der Waals surface area contributed by atoms with Crippen molar-refractivity contribution in [2.75, 3.05) is 0 Å². The number of carbonyl (C=O) groups is 2. The first kappa shape index (κ1) is 17.1. The van der Waals surface area contributed by atoms with E-state index in [2.05, 4.69) is 10.6 Å². The number of urea groups is 1. The first-order valence-corrected chi connectivity index (χ1v) is 7.06. The SMILES string of the molecule is Cc1cc(C(C)NC(=O)NC(CC(=O)O)C(C)C)c(C)o1. The molecule has 0 radical (unpaired) electrons. The van der Waals surface area contributed by atoms with Crippen LogP contribution < -0.4 is 10.6 Å². The summed E-state index contributed by atoms with van der Waals surface area (Å²) < 4.78 is 5.44. The van der Waals surface area contributed by atoms with Crippen molar-refractivity contribution in [3.05, 3.63) is 23.2 Å². The van der Waals surface area contributed by atoms with Crippen LogP contribution in [0.3, 0.4) is 0 Å². The van der Waals surface area contributed by atoms with E-state index in [4.69, 9.17) is 9.52 Å². The molecule has 6 heteroatoms. The summed E-state index contributed by atoms with van der Waals surface area (Å²) in [4.78, 5) is 22.8. The zero-order chi connectivity index (χ0) is 16.2. The van der Waals surface area contributed by atoms with Crippen LogP contribution in [0.15, 0.2) is 10.5 Å². The number of hydrogen-bond acceptors (Lipinski definition) is 3. The molecule has 0 aliphatic carbocycles. The van der Waals surface area contributed by atoms with Gasteiger partial charge in [0.25, 0.3) is 0 Å². The fraction of sp³-hybridized carbons (Fsp3) is 0.600. The molecule has 6 nitrogen and oxygen atoms in total. The maximum atomic E-state index is 12.0. The van der Waals surface area contributed by atoms with Gasteiger partial charge in [0.1, 0.15) is 11.5 Å². The zero-order valence-corrected chi connectivity index (χ0v) is 13.2. The molecule has 118 valence electrons. The van der Waals surface area contributed by atoms with E-state index in [0.717, 1.165) is 17.1 Å². The Hall–Kier alpha value is -1.98. The van der Waals surface area contributed by atoms with Crippen molar-refractivity contribution in [3.8, 4) is 0 Å². The van der Waals surface area contributed by atoms with Crippen molar-refractivity contribution in [3.63, 3.8) is 0 Å². The highest BCUT2D eigenvalue weighted by molar-refractivity contribution is 5.76. The number of furan rings is 1. The Labute approximate surface area is 124 Å². The Morgan fingerprint density at radius 3 is 2.29 bits per heavy atom. The van der Waals surface area contributed by atoms with Gasteiger partial charge in [0, 0.05) is 11.6 Å². The third-order valence-electron chi connectivity index (χ3n) is 3.41. The minimum atomic E-state index is -0.927. The second-order valence-corrected chi connectivity index (χ2v) is 5.66. The van der Waals surface area contributed by atoms with Crippen LogP contribution in [0, 0.1) is 19.8 Å². The molecule has 0 fully saturated rings. The molecule has 1 rings (SSSR count). The van der Waals surface area contributed by atoms with Gasteiger partial charge in [-0.25, -0.2) is 4.79 Å². The lowest BCUT2D eigenvalue weighted by Gasteiger charge is -2.22. The predicted octanol–water partition coefficient (Wildman–Crippen LogP) is 2.76. The highest BCUT2D eigenvalue weighted by Gasteiger charge is 2.21. The van der Waals surface area contributed by atoms with E-state index in [0.29, 0.717) is 0 Å². The number of aliphatic carboxylic acids is 1. The molecule has 0 aliphatic rings. The first-order valence-electron chi connectivity index (χ1n) is 7.06. The van der Waals surface area contributed by atoms with E-state index in [1.807, 2.05) is 40.7 Å². The molecule has 2 amide bonds. The monoisotopic (exact) mass is 296 g/mol. The quantitative estimate of drug-likeness (QED) is 0.752. The van der Waals surface area contributed by atoms with Crippen molar-refractivity contribution in [2.45, 2.75) is 53.1 Å². The van der Waals surface area contributed by atoms with Crippen molar-refractivity contribution in [1.82, 2.24) is 10.6 Å². The molecule has 21 heavy (non-hydrogen) atoms. The minimum Gasteiger partial charge on any atom is -0.481 e. The van der Waals surface area contributed by atoms with Crippen LogP contribution in [0.5, 0.6) is 0 Å².